The number of pyridine rings is 1. The molecule has 0 spiro atoms. The van der Waals surface area contributed by atoms with Crippen molar-refractivity contribution in [3.05, 3.63) is 62.0 Å². The number of hydrogen-bond donors (Lipinski definition) is 0. The summed E-state index contributed by atoms with van der Waals surface area (Å²) in [5.41, 5.74) is 4.07. The van der Waals surface area contributed by atoms with E-state index in [0.717, 1.165) is 32.4 Å². The summed E-state index contributed by atoms with van der Waals surface area (Å²) < 4.78 is 14.1. The van der Waals surface area contributed by atoms with E-state index in [1.54, 1.807) is 14.2 Å². The number of rotatable bonds is 4. The van der Waals surface area contributed by atoms with Crippen LogP contribution in [0.1, 0.15) is 71.1 Å². The summed E-state index contributed by atoms with van der Waals surface area (Å²) in [7, 11) is 3.20. The number of Topliss-reactive ketones (excluding diaryl/α,β-unsaturated/α-hetero) is 1. The molecule has 5 nitrogen and oxygen atoms in total. The van der Waals surface area contributed by atoms with E-state index in [0.29, 0.717) is 35.4 Å². The summed E-state index contributed by atoms with van der Waals surface area (Å²) in [4.78, 5) is 26.7. The van der Waals surface area contributed by atoms with Crippen LogP contribution in [0.4, 0.5) is 0 Å². The molecule has 0 saturated carbocycles. The van der Waals surface area contributed by atoms with Crippen molar-refractivity contribution < 1.29 is 19.1 Å². The average molecular weight is 531 g/mol. The second kappa shape index (κ2) is 7.97. The highest BCUT2D eigenvalue weighted by Crippen LogP contribution is 2.43. The maximum atomic E-state index is 14.1. The standard InChI is InChI=1S/C25H26INO4/c1-25(2,3)18-13-17(23(30-4)20(26)24(18)31-5)22(29)21-15-9-6-10-19(28)16(15)12-14-8-7-11-27(14)21/h7-8,11-13H,6,9-10H2,1-5H3. The largest absolute Gasteiger partial charge is 0.495 e. The van der Waals surface area contributed by atoms with Crippen LogP contribution in [0.25, 0.3) is 5.52 Å². The predicted octanol–water partition coefficient (Wildman–Crippen LogP) is 5.61. The van der Waals surface area contributed by atoms with Gasteiger partial charge in [-0.2, -0.15) is 0 Å². The highest BCUT2D eigenvalue weighted by atomic mass is 127. The van der Waals surface area contributed by atoms with Gasteiger partial charge < -0.3 is 13.9 Å². The first-order valence-electron chi connectivity index (χ1n) is 10.3. The fraction of sp³-hybridized carbons (Fsp3) is 0.360. The Kier molecular flexibility index (Phi) is 5.62. The first-order valence-corrected chi connectivity index (χ1v) is 11.4. The van der Waals surface area contributed by atoms with Gasteiger partial charge in [-0.05, 0) is 70.7 Å². The molecular formula is C25H26INO4. The van der Waals surface area contributed by atoms with E-state index in [4.69, 9.17) is 9.47 Å². The van der Waals surface area contributed by atoms with Gasteiger partial charge in [-0.15, -0.1) is 0 Å². The number of methoxy groups -OCH3 is 2. The summed E-state index contributed by atoms with van der Waals surface area (Å²) in [6, 6.07) is 7.62. The molecule has 162 valence electrons. The predicted molar refractivity (Wildman–Crippen MR) is 129 cm³/mol. The minimum atomic E-state index is -0.235. The van der Waals surface area contributed by atoms with Gasteiger partial charge in [0.25, 0.3) is 0 Å². The van der Waals surface area contributed by atoms with Crippen LogP contribution in [-0.2, 0) is 11.8 Å². The maximum absolute atomic E-state index is 14.1. The molecule has 0 amide bonds. The van der Waals surface area contributed by atoms with Crippen LogP contribution in [0.2, 0.25) is 0 Å². The SMILES string of the molecule is COc1c(C(=O)c2c3c(cc4cccn24)C(=O)CCC3)cc(C(C)(C)C)c(OC)c1I. The Hall–Kier alpha value is -2.35. The zero-order chi connectivity index (χ0) is 22.5. The van der Waals surface area contributed by atoms with Gasteiger partial charge in [0, 0.05) is 29.3 Å². The van der Waals surface area contributed by atoms with Gasteiger partial charge in [0.15, 0.2) is 5.78 Å². The smallest absolute Gasteiger partial charge is 0.213 e. The molecule has 0 radical (unpaired) electrons. The van der Waals surface area contributed by atoms with E-state index < -0.39 is 0 Å². The van der Waals surface area contributed by atoms with Crippen molar-refractivity contribution in [3.8, 4) is 11.5 Å². The summed E-state index contributed by atoms with van der Waals surface area (Å²) in [6.07, 6.45) is 3.87. The van der Waals surface area contributed by atoms with Crippen LogP contribution in [0.5, 0.6) is 11.5 Å². The molecule has 0 atom stereocenters. The van der Waals surface area contributed by atoms with Gasteiger partial charge in [-0.3, -0.25) is 9.59 Å². The van der Waals surface area contributed by atoms with E-state index in [1.807, 2.05) is 34.9 Å². The van der Waals surface area contributed by atoms with Crippen molar-refractivity contribution >= 4 is 39.7 Å². The average Bonchev–Trinajstić information content (AvgIpc) is 3.19. The first kappa shape index (κ1) is 21.9. The van der Waals surface area contributed by atoms with Gasteiger partial charge in [-0.1, -0.05) is 20.8 Å². The van der Waals surface area contributed by atoms with Crippen molar-refractivity contribution in [1.82, 2.24) is 4.40 Å². The third-order valence-corrected chi connectivity index (χ3v) is 6.89. The molecule has 31 heavy (non-hydrogen) atoms. The monoisotopic (exact) mass is 531 g/mol. The van der Waals surface area contributed by atoms with Crippen LogP contribution in [0.3, 0.4) is 0 Å². The zero-order valence-electron chi connectivity index (χ0n) is 18.5. The van der Waals surface area contributed by atoms with Gasteiger partial charge >= 0.3 is 0 Å². The lowest BCUT2D eigenvalue weighted by Crippen LogP contribution is -2.21. The van der Waals surface area contributed by atoms with E-state index in [1.165, 1.54) is 0 Å². The van der Waals surface area contributed by atoms with E-state index in [-0.39, 0.29) is 17.0 Å². The molecule has 4 rings (SSSR count). The summed E-state index contributed by atoms with van der Waals surface area (Å²) in [6.45, 7) is 6.28. The number of ether oxygens (including phenoxy) is 2. The molecule has 0 fully saturated rings. The number of carbonyl (C=O) groups excluding carboxylic acids is 2. The van der Waals surface area contributed by atoms with Crippen molar-refractivity contribution in [1.29, 1.82) is 0 Å². The third-order valence-electron chi connectivity index (χ3n) is 5.91. The van der Waals surface area contributed by atoms with E-state index in [9.17, 15) is 9.59 Å². The third kappa shape index (κ3) is 3.54. The molecule has 1 aliphatic carbocycles. The molecule has 0 saturated heterocycles. The number of halogens is 1. The van der Waals surface area contributed by atoms with Crippen molar-refractivity contribution in [3.63, 3.8) is 0 Å². The molecule has 1 aromatic carbocycles. The quantitative estimate of drug-likeness (QED) is 0.325. The Labute approximate surface area is 195 Å². The normalized spacial score (nSPS) is 13.9. The number of carbonyl (C=O) groups is 2. The van der Waals surface area contributed by atoms with Gasteiger partial charge in [-0.25, -0.2) is 0 Å². The minimum Gasteiger partial charge on any atom is -0.495 e. The molecule has 0 unspecified atom stereocenters. The van der Waals surface area contributed by atoms with Crippen LogP contribution < -0.4 is 9.47 Å². The molecule has 0 aliphatic heterocycles. The van der Waals surface area contributed by atoms with Crippen LogP contribution in [0, 0.1) is 3.57 Å². The molecular weight excluding hydrogens is 505 g/mol. The molecule has 0 bridgehead atoms. The van der Waals surface area contributed by atoms with E-state index in [2.05, 4.69) is 43.4 Å². The second-order valence-corrected chi connectivity index (χ2v) is 9.97. The lowest BCUT2D eigenvalue weighted by Gasteiger charge is -2.26. The Morgan fingerprint density at radius 1 is 1.10 bits per heavy atom. The number of ketones is 2. The summed E-state index contributed by atoms with van der Waals surface area (Å²) >= 11 is 2.19. The maximum Gasteiger partial charge on any atom is 0.213 e. The molecule has 3 aromatic rings. The Balaban J connectivity index is 2.04. The van der Waals surface area contributed by atoms with Crippen LogP contribution in [0.15, 0.2) is 30.5 Å². The number of benzene rings is 1. The summed E-state index contributed by atoms with van der Waals surface area (Å²) in [5.74, 6) is 1.18. The fourth-order valence-electron chi connectivity index (χ4n) is 4.40. The lowest BCUT2D eigenvalue weighted by atomic mass is 9.83. The minimum absolute atomic E-state index is 0.102. The van der Waals surface area contributed by atoms with Crippen molar-refractivity contribution in [2.75, 3.05) is 14.2 Å². The van der Waals surface area contributed by atoms with Crippen molar-refractivity contribution in [2.45, 2.75) is 45.4 Å². The second-order valence-electron chi connectivity index (χ2n) is 8.90. The molecule has 1 aliphatic rings. The van der Waals surface area contributed by atoms with Gasteiger partial charge in [0.2, 0.25) is 5.78 Å². The zero-order valence-corrected chi connectivity index (χ0v) is 20.6. The first-order chi connectivity index (χ1) is 14.7. The summed E-state index contributed by atoms with van der Waals surface area (Å²) in [5, 5.41) is 0. The fourth-order valence-corrected chi connectivity index (χ4v) is 5.42. The van der Waals surface area contributed by atoms with E-state index >= 15 is 0 Å². The molecule has 0 N–H and O–H groups in total. The number of aromatic nitrogens is 1. The molecule has 6 heteroatoms. The topological polar surface area (TPSA) is 57.0 Å². The van der Waals surface area contributed by atoms with Crippen molar-refractivity contribution in [2.24, 2.45) is 0 Å². The number of hydrogen-bond acceptors (Lipinski definition) is 4. The number of fused-ring (bicyclic) bond motifs is 2. The highest BCUT2D eigenvalue weighted by molar-refractivity contribution is 14.1. The van der Waals surface area contributed by atoms with Crippen LogP contribution in [-0.4, -0.2) is 30.2 Å². The Bertz CT molecular complexity index is 1220. The van der Waals surface area contributed by atoms with Crippen LogP contribution >= 0.6 is 22.6 Å². The van der Waals surface area contributed by atoms with Gasteiger partial charge in [0.1, 0.15) is 11.5 Å². The molecule has 2 heterocycles. The Morgan fingerprint density at radius 2 is 1.81 bits per heavy atom. The number of nitrogens with zero attached hydrogens (tertiary/aromatic N) is 1. The van der Waals surface area contributed by atoms with Gasteiger partial charge in [0.05, 0.1) is 29.0 Å². The Morgan fingerprint density at radius 3 is 2.45 bits per heavy atom. The molecule has 2 aromatic heterocycles. The lowest BCUT2D eigenvalue weighted by molar-refractivity contribution is 0.0972. The highest BCUT2D eigenvalue weighted by Gasteiger charge is 2.32.